The summed E-state index contributed by atoms with van der Waals surface area (Å²) in [6, 6.07) is 11.7. The van der Waals surface area contributed by atoms with Crippen LogP contribution in [0.1, 0.15) is 15.9 Å². The van der Waals surface area contributed by atoms with E-state index in [2.05, 4.69) is 10.3 Å². The monoisotopic (exact) mass is 417 g/mol. The number of piperazine rings is 1. The van der Waals surface area contributed by atoms with Gasteiger partial charge in [0.05, 0.1) is 11.1 Å². The van der Waals surface area contributed by atoms with Gasteiger partial charge >= 0.3 is 6.18 Å². The van der Waals surface area contributed by atoms with E-state index in [-0.39, 0.29) is 31.1 Å². The standard InChI is InChI=1S/C20H18F3N5O2/c21-20(22,23)15-5-3-4-14(12-15)19(30)27-10-8-26(9-11-27)18(29)13-28-17-7-2-1-6-16(17)24-25-28/h1-7,12H,8-11,13H2. The molecule has 0 spiro atoms. The van der Waals surface area contributed by atoms with Crippen LogP contribution in [-0.4, -0.2) is 62.8 Å². The Bertz CT molecular complexity index is 1090. The Morgan fingerprint density at radius 3 is 2.37 bits per heavy atom. The summed E-state index contributed by atoms with van der Waals surface area (Å²) in [5.74, 6) is -0.632. The van der Waals surface area contributed by atoms with Crippen LogP contribution in [0.2, 0.25) is 0 Å². The van der Waals surface area contributed by atoms with Crippen molar-refractivity contribution in [3.63, 3.8) is 0 Å². The van der Waals surface area contributed by atoms with Crippen LogP contribution in [0.5, 0.6) is 0 Å². The second-order valence-corrected chi connectivity index (χ2v) is 6.99. The Balaban J connectivity index is 1.38. The molecule has 156 valence electrons. The van der Waals surface area contributed by atoms with E-state index in [1.807, 2.05) is 24.3 Å². The van der Waals surface area contributed by atoms with Crippen molar-refractivity contribution < 1.29 is 22.8 Å². The molecule has 0 saturated carbocycles. The lowest BCUT2D eigenvalue weighted by molar-refractivity contribution is -0.137. The fourth-order valence-corrected chi connectivity index (χ4v) is 3.43. The van der Waals surface area contributed by atoms with E-state index >= 15 is 0 Å². The summed E-state index contributed by atoms with van der Waals surface area (Å²) < 4.78 is 40.2. The van der Waals surface area contributed by atoms with Gasteiger partial charge in [0.15, 0.2) is 0 Å². The molecule has 1 aromatic heterocycles. The van der Waals surface area contributed by atoms with Crippen LogP contribution in [0.25, 0.3) is 11.0 Å². The lowest BCUT2D eigenvalue weighted by atomic mass is 10.1. The van der Waals surface area contributed by atoms with Crippen LogP contribution < -0.4 is 0 Å². The molecule has 0 atom stereocenters. The molecule has 0 radical (unpaired) electrons. The zero-order valence-corrected chi connectivity index (χ0v) is 15.8. The zero-order valence-electron chi connectivity index (χ0n) is 15.8. The van der Waals surface area contributed by atoms with E-state index in [1.165, 1.54) is 21.7 Å². The molecule has 0 aliphatic carbocycles. The molecule has 1 fully saturated rings. The van der Waals surface area contributed by atoms with Gasteiger partial charge in [-0.1, -0.05) is 23.4 Å². The van der Waals surface area contributed by atoms with Gasteiger partial charge in [0, 0.05) is 31.7 Å². The Morgan fingerprint density at radius 1 is 0.933 bits per heavy atom. The van der Waals surface area contributed by atoms with Crippen molar-refractivity contribution in [2.45, 2.75) is 12.7 Å². The van der Waals surface area contributed by atoms with E-state index in [1.54, 1.807) is 4.90 Å². The molecule has 2 amide bonds. The average Bonchev–Trinajstić information content (AvgIpc) is 3.16. The van der Waals surface area contributed by atoms with Gasteiger partial charge < -0.3 is 9.80 Å². The van der Waals surface area contributed by atoms with Gasteiger partial charge in [-0.25, -0.2) is 4.68 Å². The van der Waals surface area contributed by atoms with Gasteiger partial charge in [-0.3, -0.25) is 9.59 Å². The second kappa shape index (κ2) is 7.77. The summed E-state index contributed by atoms with van der Waals surface area (Å²) in [7, 11) is 0. The fraction of sp³-hybridized carbons (Fsp3) is 0.300. The van der Waals surface area contributed by atoms with Crippen LogP contribution in [0.4, 0.5) is 13.2 Å². The quantitative estimate of drug-likeness (QED) is 0.656. The predicted molar refractivity (Wildman–Crippen MR) is 101 cm³/mol. The van der Waals surface area contributed by atoms with Crippen molar-refractivity contribution in [1.29, 1.82) is 0 Å². The number of nitrogens with zero attached hydrogens (tertiary/aromatic N) is 5. The number of carbonyl (C=O) groups is 2. The molecule has 10 heteroatoms. The van der Waals surface area contributed by atoms with Gasteiger partial charge in [-0.2, -0.15) is 13.2 Å². The first kappa shape index (κ1) is 19.9. The van der Waals surface area contributed by atoms with Gasteiger partial charge in [0.1, 0.15) is 12.1 Å². The second-order valence-electron chi connectivity index (χ2n) is 6.99. The topological polar surface area (TPSA) is 71.3 Å². The summed E-state index contributed by atoms with van der Waals surface area (Å²) in [4.78, 5) is 28.3. The minimum atomic E-state index is -4.51. The highest BCUT2D eigenvalue weighted by Gasteiger charge is 2.32. The number of amides is 2. The molecule has 3 aromatic rings. The molecule has 2 heterocycles. The van der Waals surface area contributed by atoms with Crippen LogP contribution in [0.3, 0.4) is 0 Å². The van der Waals surface area contributed by atoms with Crippen LogP contribution in [-0.2, 0) is 17.5 Å². The number of hydrogen-bond acceptors (Lipinski definition) is 4. The van der Waals surface area contributed by atoms with Crippen molar-refractivity contribution in [3.05, 3.63) is 59.7 Å². The smallest absolute Gasteiger partial charge is 0.338 e. The van der Waals surface area contributed by atoms with E-state index < -0.39 is 17.6 Å². The third-order valence-corrected chi connectivity index (χ3v) is 5.06. The van der Waals surface area contributed by atoms with E-state index in [9.17, 15) is 22.8 Å². The number of para-hydroxylation sites is 1. The highest BCUT2D eigenvalue weighted by molar-refractivity contribution is 5.94. The number of aromatic nitrogens is 3. The summed E-state index contributed by atoms with van der Waals surface area (Å²) >= 11 is 0. The molecule has 7 nitrogen and oxygen atoms in total. The van der Waals surface area contributed by atoms with Crippen molar-refractivity contribution in [1.82, 2.24) is 24.8 Å². The first-order valence-corrected chi connectivity index (χ1v) is 9.35. The molecule has 0 N–H and O–H groups in total. The number of alkyl halides is 3. The largest absolute Gasteiger partial charge is 0.416 e. The molecule has 4 rings (SSSR count). The number of carbonyl (C=O) groups excluding carboxylic acids is 2. The van der Waals surface area contributed by atoms with Crippen LogP contribution in [0, 0.1) is 0 Å². The summed E-state index contributed by atoms with van der Waals surface area (Å²) in [6.45, 7) is 1.13. The number of halogens is 3. The first-order valence-electron chi connectivity index (χ1n) is 9.35. The van der Waals surface area contributed by atoms with Gasteiger partial charge in [0.2, 0.25) is 5.91 Å². The molecular formula is C20H18F3N5O2. The molecule has 2 aromatic carbocycles. The molecule has 0 unspecified atom stereocenters. The maximum Gasteiger partial charge on any atom is 0.416 e. The number of rotatable bonds is 3. The first-order chi connectivity index (χ1) is 14.3. The minimum Gasteiger partial charge on any atom is -0.338 e. The lowest BCUT2D eigenvalue weighted by Crippen LogP contribution is -2.51. The van der Waals surface area contributed by atoms with Gasteiger partial charge in [-0.05, 0) is 30.3 Å². The Labute approximate surface area is 169 Å². The van der Waals surface area contributed by atoms with E-state index in [0.29, 0.717) is 18.6 Å². The van der Waals surface area contributed by atoms with E-state index in [4.69, 9.17) is 0 Å². The average molecular weight is 417 g/mol. The van der Waals surface area contributed by atoms with E-state index in [0.717, 1.165) is 17.6 Å². The Hall–Kier alpha value is -3.43. The number of fused-ring (bicyclic) bond motifs is 1. The summed E-state index contributed by atoms with van der Waals surface area (Å²) in [6.07, 6.45) is -4.51. The minimum absolute atomic E-state index is 0.0151. The Kier molecular flexibility index (Phi) is 5.15. The lowest BCUT2D eigenvalue weighted by Gasteiger charge is -2.34. The molecule has 1 aliphatic rings. The third kappa shape index (κ3) is 3.98. The predicted octanol–water partition coefficient (Wildman–Crippen LogP) is 2.43. The molecule has 1 saturated heterocycles. The summed E-state index contributed by atoms with van der Waals surface area (Å²) in [5, 5.41) is 8.02. The van der Waals surface area contributed by atoms with Gasteiger partial charge in [0.25, 0.3) is 5.91 Å². The van der Waals surface area contributed by atoms with Crippen LogP contribution in [0.15, 0.2) is 48.5 Å². The van der Waals surface area contributed by atoms with Crippen molar-refractivity contribution >= 4 is 22.8 Å². The van der Waals surface area contributed by atoms with Crippen LogP contribution >= 0.6 is 0 Å². The fourth-order valence-electron chi connectivity index (χ4n) is 3.43. The van der Waals surface area contributed by atoms with Crippen molar-refractivity contribution in [2.24, 2.45) is 0 Å². The molecule has 1 aliphatic heterocycles. The normalized spacial score (nSPS) is 14.9. The highest BCUT2D eigenvalue weighted by Crippen LogP contribution is 2.29. The summed E-state index contributed by atoms with van der Waals surface area (Å²) in [5.41, 5.74) is 0.576. The van der Waals surface area contributed by atoms with Crippen molar-refractivity contribution in [3.8, 4) is 0 Å². The maximum absolute atomic E-state index is 12.9. The molecule has 0 bridgehead atoms. The van der Waals surface area contributed by atoms with Crippen molar-refractivity contribution in [2.75, 3.05) is 26.2 Å². The van der Waals surface area contributed by atoms with Gasteiger partial charge in [-0.15, -0.1) is 5.10 Å². The highest BCUT2D eigenvalue weighted by atomic mass is 19.4. The zero-order chi connectivity index (χ0) is 21.3. The third-order valence-electron chi connectivity index (χ3n) is 5.06. The maximum atomic E-state index is 12.9. The molecule has 30 heavy (non-hydrogen) atoms. The number of benzene rings is 2. The Morgan fingerprint density at radius 2 is 1.63 bits per heavy atom. The number of hydrogen-bond donors (Lipinski definition) is 0. The SMILES string of the molecule is O=C(Cn1nnc2ccccc21)N1CCN(C(=O)c2cccc(C(F)(F)F)c2)CC1. The molecular weight excluding hydrogens is 399 g/mol.